The van der Waals surface area contributed by atoms with Gasteiger partial charge in [0, 0.05) is 59.8 Å². The Labute approximate surface area is 153 Å². The number of para-hydroxylation sites is 1. The summed E-state index contributed by atoms with van der Waals surface area (Å²) in [5, 5.41) is 6.03. The van der Waals surface area contributed by atoms with Crippen molar-refractivity contribution in [2.45, 2.75) is 25.9 Å². The van der Waals surface area contributed by atoms with Crippen molar-refractivity contribution in [3.8, 4) is 0 Å². The van der Waals surface area contributed by atoms with Gasteiger partial charge in [-0.1, -0.05) is 48.5 Å². The lowest BCUT2D eigenvalue weighted by molar-refractivity contribution is 0.220. The van der Waals surface area contributed by atoms with Crippen LogP contribution in [0.3, 0.4) is 0 Å². The van der Waals surface area contributed by atoms with E-state index >= 15 is 0 Å². The molecule has 5 rings (SSSR count). The summed E-state index contributed by atoms with van der Waals surface area (Å²) in [5.41, 5.74) is 10.0. The fourth-order valence-corrected chi connectivity index (χ4v) is 4.56. The van der Waals surface area contributed by atoms with Crippen molar-refractivity contribution in [1.82, 2.24) is 15.3 Å². The van der Waals surface area contributed by atoms with Gasteiger partial charge in [0.1, 0.15) is 0 Å². The molecule has 0 amide bonds. The van der Waals surface area contributed by atoms with Gasteiger partial charge in [0.25, 0.3) is 0 Å². The molecule has 0 saturated carbocycles. The van der Waals surface area contributed by atoms with E-state index in [-0.39, 0.29) is 6.04 Å². The molecule has 26 heavy (non-hydrogen) atoms. The van der Waals surface area contributed by atoms with E-state index in [1.54, 1.807) is 0 Å². The number of piperidine rings is 1. The number of aromatic nitrogens is 1. The van der Waals surface area contributed by atoms with Crippen LogP contribution in [0.15, 0.2) is 59.7 Å². The van der Waals surface area contributed by atoms with Crippen molar-refractivity contribution in [3.63, 3.8) is 0 Å². The number of aryl methyl sites for hydroxylation is 1. The molecule has 0 bridgehead atoms. The van der Waals surface area contributed by atoms with E-state index in [2.05, 4.69) is 76.8 Å². The van der Waals surface area contributed by atoms with Crippen LogP contribution >= 0.6 is 0 Å². The molecule has 2 unspecified atom stereocenters. The summed E-state index contributed by atoms with van der Waals surface area (Å²) >= 11 is 0. The molecule has 2 aliphatic heterocycles. The zero-order valence-corrected chi connectivity index (χ0v) is 15.1. The van der Waals surface area contributed by atoms with E-state index < -0.39 is 0 Å². The van der Waals surface area contributed by atoms with Crippen molar-refractivity contribution in [2.75, 3.05) is 13.1 Å². The van der Waals surface area contributed by atoms with E-state index in [9.17, 15) is 0 Å². The third-order valence-corrected chi connectivity index (χ3v) is 5.82. The highest BCUT2D eigenvalue weighted by molar-refractivity contribution is 5.92. The number of H-pyrrole nitrogens is 1. The van der Waals surface area contributed by atoms with Crippen molar-refractivity contribution >= 4 is 16.6 Å². The second kappa shape index (κ2) is 6.29. The molecule has 1 saturated heterocycles. The molecule has 3 heterocycles. The molecule has 3 aromatic rings. The van der Waals surface area contributed by atoms with Gasteiger partial charge in [0.05, 0.1) is 6.04 Å². The number of likely N-dealkylation sites (tertiary alicyclic amines) is 1. The smallest absolute Gasteiger partial charge is 0.0806 e. The van der Waals surface area contributed by atoms with E-state index in [0.717, 1.165) is 26.1 Å². The molecule has 4 heteroatoms. The number of rotatable bonds is 3. The Morgan fingerprint density at radius 2 is 1.88 bits per heavy atom. The molecule has 2 aliphatic rings. The third kappa shape index (κ3) is 2.61. The maximum atomic E-state index is 4.71. The molecule has 4 nitrogen and oxygen atoms in total. The van der Waals surface area contributed by atoms with E-state index in [4.69, 9.17) is 5.10 Å². The number of hydrazone groups is 1. The minimum atomic E-state index is 0.264. The minimum Gasteiger partial charge on any atom is -0.358 e. The van der Waals surface area contributed by atoms with Gasteiger partial charge in [-0.3, -0.25) is 4.90 Å². The van der Waals surface area contributed by atoms with Gasteiger partial charge in [-0.25, -0.2) is 0 Å². The van der Waals surface area contributed by atoms with Crippen molar-refractivity contribution in [1.29, 1.82) is 0 Å². The quantitative estimate of drug-likeness (QED) is 0.754. The number of fused-ring (bicyclic) bond motifs is 2. The Bertz CT molecular complexity index is 957. The predicted molar refractivity (Wildman–Crippen MR) is 106 cm³/mol. The highest BCUT2D eigenvalue weighted by Crippen LogP contribution is 2.37. The monoisotopic (exact) mass is 344 g/mol. The average Bonchev–Trinajstić information content (AvgIpc) is 3.22. The Morgan fingerprint density at radius 1 is 1.08 bits per heavy atom. The van der Waals surface area contributed by atoms with Crippen LogP contribution in [0.4, 0.5) is 0 Å². The first-order valence-corrected chi connectivity index (χ1v) is 9.45. The molecule has 2 aromatic carbocycles. The first kappa shape index (κ1) is 15.6. The van der Waals surface area contributed by atoms with E-state index in [1.165, 1.54) is 33.4 Å². The molecular weight excluding hydrogens is 320 g/mol. The standard InChI is InChI=1S/C22H24N4/c1-15-21(17-9-5-6-10-19(17)23-15)22-18-14-26(12-11-20(18)24-25-22)13-16-7-3-2-4-8-16/h2-10,18,22-23,25H,11-14H2,1H3. The largest absolute Gasteiger partial charge is 0.358 e. The summed E-state index contributed by atoms with van der Waals surface area (Å²) in [4.78, 5) is 6.12. The maximum absolute atomic E-state index is 4.71. The van der Waals surface area contributed by atoms with Gasteiger partial charge < -0.3 is 10.4 Å². The van der Waals surface area contributed by atoms with Gasteiger partial charge in [0.15, 0.2) is 0 Å². The molecular formula is C22H24N4. The minimum absolute atomic E-state index is 0.264. The van der Waals surface area contributed by atoms with Gasteiger partial charge >= 0.3 is 0 Å². The summed E-state index contributed by atoms with van der Waals surface area (Å²) in [6.07, 6.45) is 1.06. The zero-order valence-electron chi connectivity index (χ0n) is 15.1. The number of hydrogen-bond acceptors (Lipinski definition) is 3. The van der Waals surface area contributed by atoms with Crippen molar-refractivity contribution in [2.24, 2.45) is 11.0 Å². The maximum Gasteiger partial charge on any atom is 0.0806 e. The van der Waals surface area contributed by atoms with Crippen LogP contribution in [0, 0.1) is 12.8 Å². The van der Waals surface area contributed by atoms with E-state index in [1.807, 2.05) is 0 Å². The molecule has 0 spiro atoms. The Balaban J connectivity index is 1.42. The fourth-order valence-electron chi connectivity index (χ4n) is 4.56. The first-order valence-electron chi connectivity index (χ1n) is 9.45. The van der Waals surface area contributed by atoms with Gasteiger partial charge in [0.2, 0.25) is 0 Å². The number of hydrogen-bond donors (Lipinski definition) is 2. The molecule has 2 N–H and O–H groups in total. The highest BCUT2D eigenvalue weighted by Gasteiger charge is 2.38. The van der Waals surface area contributed by atoms with Gasteiger partial charge in [-0.05, 0) is 18.6 Å². The lowest BCUT2D eigenvalue weighted by Gasteiger charge is -2.33. The van der Waals surface area contributed by atoms with Crippen LogP contribution in [0.5, 0.6) is 0 Å². The third-order valence-electron chi connectivity index (χ3n) is 5.82. The number of benzene rings is 2. The Hall–Kier alpha value is -2.59. The topological polar surface area (TPSA) is 43.4 Å². The average molecular weight is 344 g/mol. The number of aromatic amines is 1. The second-order valence-electron chi connectivity index (χ2n) is 7.50. The molecule has 1 aromatic heterocycles. The second-order valence-corrected chi connectivity index (χ2v) is 7.50. The van der Waals surface area contributed by atoms with Gasteiger partial charge in [-0.2, -0.15) is 5.10 Å². The summed E-state index contributed by atoms with van der Waals surface area (Å²) in [6.45, 7) is 5.35. The van der Waals surface area contributed by atoms with Crippen molar-refractivity contribution in [3.05, 3.63) is 71.4 Å². The molecule has 0 aliphatic carbocycles. The lowest BCUT2D eigenvalue weighted by Crippen LogP contribution is -2.41. The molecule has 0 radical (unpaired) electrons. The number of nitrogens with one attached hydrogen (secondary N) is 2. The normalized spacial score (nSPS) is 22.9. The zero-order chi connectivity index (χ0) is 17.5. The van der Waals surface area contributed by atoms with Crippen LogP contribution in [0.1, 0.15) is 29.3 Å². The fraction of sp³-hybridized carbons (Fsp3) is 0.318. The Kier molecular flexibility index (Phi) is 3.79. The molecule has 2 atom stereocenters. The summed E-state index contributed by atoms with van der Waals surface area (Å²) < 4.78 is 0. The summed E-state index contributed by atoms with van der Waals surface area (Å²) in [7, 11) is 0. The predicted octanol–water partition coefficient (Wildman–Crippen LogP) is 4.00. The number of nitrogens with zero attached hydrogens (tertiary/aromatic N) is 2. The van der Waals surface area contributed by atoms with Gasteiger partial charge in [-0.15, -0.1) is 0 Å². The Morgan fingerprint density at radius 3 is 2.77 bits per heavy atom. The van der Waals surface area contributed by atoms with Crippen molar-refractivity contribution < 1.29 is 0 Å². The van der Waals surface area contributed by atoms with Crippen LogP contribution in [-0.2, 0) is 6.54 Å². The van der Waals surface area contributed by atoms with E-state index in [0.29, 0.717) is 5.92 Å². The van der Waals surface area contributed by atoms with Crippen LogP contribution in [0.2, 0.25) is 0 Å². The summed E-state index contributed by atoms with van der Waals surface area (Å²) in [5.74, 6) is 0.449. The van der Waals surface area contributed by atoms with Crippen LogP contribution in [-0.4, -0.2) is 28.7 Å². The lowest BCUT2D eigenvalue weighted by atomic mass is 9.85. The highest BCUT2D eigenvalue weighted by atomic mass is 15.4. The SMILES string of the molecule is Cc1[nH]c2ccccc2c1C1NN=C2CCN(Cc3ccccc3)CC21. The summed E-state index contributed by atoms with van der Waals surface area (Å²) in [6, 6.07) is 19.6. The van der Waals surface area contributed by atoms with Crippen LogP contribution in [0.25, 0.3) is 10.9 Å². The van der Waals surface area contributed by atoms with Crippen LogP contribution < -0.4 is 5.43 Å². The molecule has 1 fully saturated rings. The first-order chi connectivity index (χ1) is 12.8. The molecule has 132 valence electrons.